The number of benzene rings is 1. The van der Waals surface area contributed by atoms with E-state index in [1.54, 1.807) is 12.1 Å². The molecule has 164 valence electrons. The monoisotopic (exact) mass is 419 g/mol. The van der Waals surface area contributed by atoms with Crippen LogP contribution in [0.1, 0.15) is 52.0 Å². The third kappa shape index (κ3) is 4.03. The molecule has 1 aromatic rings. The van der Waals surface area contributed by atoms with E-state index in [0.29, 0.717) is 17.7 Å². The van der Waals surface area contributed by atoms with Crippen LogP contribution < -0.4 is 20.7 Å². The molecule has 0 aromatic heterocycles. The quantitative estimate of drug-likeness (QED) is 0.598. The van der Waals surface area contributed by atoms with Crippen molar-refractivity contribution in [2.75, 3.05) is 6.61 Å². The highest BCUT2D eigenvalue weighted by atomic mass is 19.1. The maximum absolute atomic E-state index is 14.0. The summed E-state index contributed by atoms with van der Waals surface area (Å²) in [6, 6.07) is 4.37. The van der Waals surface area contributed by atoms with Crippen molar-refractivity contribution in [3.63, 3.8) is 0 Å². The smallest absolute Gasteiger partial charge is 0.258 e. The Labute approximate surface area is 176 Å². The van der Waals surface area contributed by atoms with E-state index in [1.165, 1.54) is 6.07 Å². The number of ether oxygens (including phenoxy) is 2. The lowest BCUT2D eigenvalue weighted by Crippen LogP contribution is -2.84. The molecule has 30 heavy (non-hydrogen) atoms. The van der Waals surface area contributed by atoms with Gasteiger partial charge in [0.25, 0.3) is 5.91 Å². The van der Waals surface area contributed by atoms with Gasteiger partial charge in [-0.15, -0.1) is 0 Å². The van der Waals surface area contributed by atoms with E-state index in [1.807, 2.05) is 20.8 Å². The van der Waals surface area contributed by atoms with E-state index in [0.717, 1.165) is 25.7 Å². The lowest BCUT2D eigenvalue weighted by molar-refractivity contribution is -0.151. The number of aryl methyl sites for hydroxylation is 1. The molecule has 1 aliphatic heterocycles. The molecule has 0 spiro atoms. The van der Waals surface area contributed by atoms with Crippen molar-refractivity contribution in [3.05, 3.63) is 29.6 Å². The molecule has 3 unspecified atom stereocenters. The van der Waals surface area contributed by atoms with Gasteiger partial charge in [0.2, 0.25) is 5.91 Å². The standard InChI is InChI=1S/C22H30FN3O4/c1-4-5-15-6-7-16(8-17(15)23)29-9-18(27)25-21-10-22(11-21,12-21)26-20(28)19-13(2)30-14(3)24-19/h6-8,13-14,19,24H,4-5,9-12H2,1-3H3,(H,25,27)(H,26,28). The normalized spacial score (nSPS) is 33.9. The molecule has 1 aromatic carbocycles. The molecule has 7 nitrogen and oxygen atoms in total. The number of hydrogen-bond acceptors (Lipinski definition) is 5. The molecule has 4 fully saturated rings. The molecular formula is C22H30FN3O4. The molecular weight excluding hydrogens is 389 g/mol. The average molecular weight is 419 g/mol. The molecule has 1 saturated heterocycles. The van der Waals surface area contributed by atoms with Gasteiger partial charge < -0.3 is 20.1 Å². The summed E-state index contributed by atoms with van der Waals surface area (Å²) < 4.78 is 25.0. The highest BCUT2D eigenvalue weighted by molar-refractivity contribution is 5.85. The number of halogens is 1. The Morgan fingerprint density at radius 2 is 1.93 bits per heavy atom. The molecule has 5 rings (SSSR count). The van der Waals surface area contributed by atoms with E-state index >= 15 is 0 Å². The molecule has 2 amide bonds. The zero-order chi connectivity index (χ0) is 21.5. The third-order valence-corrected chi connectivity index (χ3v) is 6.32. The Morgan fingerprint density at radius 1 is 1.23 bits per heavy atom. The van der Waals surface area contributed by atoms with Crippen LogP contribution in [0.4, 0.5) is 4.39 Å². The molecule has 2 bridgehead atoms. The number of hydrogen-bond donors (Lipinski definition) is 3. The zero-order valence-electron chi connectivity index (χ0n) is 17.7. The first-order valence-electron chi connectivity index (χ1n) is 10.7. The fourth-order valence-corrected chi connectivity index (χ4v) is 5.08. The maximum Gasteiger partial charge on any atom is 0.258 e. The number of rotatable bonds is 8. The van der Waals surface area contributed by atoms with Gasteiger partial charge in [-0.1, -0.05) is 19.4 Å². The van der Waals surface area contributed by atoms with Crippen LogP contribution in [0.3, 0.4) is 0 Å². The molecule has 3 atom stereocenters. The van der Waals surface area contributed by atoms with Crippen molar-refractivity contribution in [3.8, 4) is 5.75 Å². The molecule has 1 heterocycles. The van der Waals surface area contributed by atoms with Crippen LogP contribution in [-0.2, 0) is 20.7 Å². The van der Waals surface area contributed by atoms with Crippen LogP contribution in [0.25, 0.3) is 0 Å². The number of amides is 2. The first-order valence-corrected chi connectivity index (χ1v) is 10.7. The summed E-state index contributed by atoms with van der Waals surface area (Å²) in [4.78, 5) is 24.8. The summed E-state index contributed by atoms with van der Waals surface area (Å²) in [6.07, 6.45) is 3.40. The van der Waals surface area contributed by atoms with Crippen molar-refractivity contribution in [2.24, 2.45) is 0 Å². The minimum atomic E-state index is -0.350. The van der Waals surface area contributed by atoms with E-state index in [4.69, 9.17) is 9.47 Å². The first-order chi connectivity index (χ1) is 14.2. The first kappa shape index (κ1) is 21.1. The number of carbonyl (C=O) groups is 2. The van der Waals surface area contributed by atoms with Crippen LogP contribution in [0.5, 0.6) is 5.75 Å². The zero-order valence-corrected chi connectivity index (χ0v) is 17.7. The Balaban J connectivity index is 1.20. The van der Waals surface area contributed by atoms with Crippen molar-refractivity contribution in [1.82, 2.24) is 16.0 Å². The topological polar surface area (TPSA) is 88.7 Å². The summed E-state index contributed by atoms with van der Waals surface area (Å²) in [5.74, 6) is -0.250. The van der Waals surface area contributed by atoms with Gasteiger partial charge in [-0.25, -0.2) is 4.39 Å². The largest absolute Gasteiger partial charge is 0.484 e. The van der Waals surface area contributed by atoms with Crippen molar-refractivity contribution in [1.29, 1.82) is 0 Å². The average Bonchev–Trinajstić information content (AvgIpc) is 2.97. The molecule has 3 saturated carbocycles. The van der Waals surface area contributed by atoms with Gasteiger partial charge in [0.05, 0.1) is 6.10 Å². The minimum absolute atomic E-state index is 0.0524. The minimum Gasteiger partial charge on any atom is -0.484 e. The number of nitrogens with one attached hydrogen (secondary N) is 3. The summed E-state index contributed by atoms with van der Waals surface area (Å²) in [5.41, 5.74) is 0.165. The van der Waals surface area contributed by atoms with Crippen LogP contribution in [0, 0.1) is 5.82 Å². The Morgan fingerprint density at radius 3 is 2.53 bits per heavy atom. The van der Waals surface area contributed by atoms with Gasteiger partial charge in [-0.3, -0.25) is 14.9 Å². The van der Waals surface area contributed by atoms with Crippen LogP contribution in [-0.4, -0.2) is 47.9 Å². The van der Waals surface area contributed by atoms with Gasteiger partial charge in [0.15, 0.2) is 6.61 Å². The Kier molecular flexibility index (Phi) is 5.48. The highest BCUT2D eigenvalue weighted by Crippen LogP contribution is 2.60. The predicted octanol–water partition coefficient (Wildman–Crippen LogP) is 1.79. The molecule has 3 N–H and O–H groups in total. The summed E-state index contributed by atoms with van der Waals surface area (Å²) in [6.45, 7) is 5.60. The fraction of sp³-hybridized carbons (Fsp3) is 0.636. The lowest BCUT2D eigenvalue weighted by Gasteiger charge is -2.70. The number of carbonyl (C=O) groups excluding carboxylic acids is 2. The molecule has 3 aliphatic carbocycles. The second kappa shape index (κ2) is 7.81. The molecule has 0 radical (unpaired) electrons. The second-order valence-corrected chi connectivity index (χ2v) is 9.05. The van der Waals surface area contributed by atoms with Gasteiger partial charge in [-0.05, 0) is 51.2 Å². The van der Waals surface area contributed by atoms with E-state index in [2.05, 4.69) is 16.0 Å². The van der Waals surface area contributed by atoms with Crippen LogP contribution in [0.15, 0.2) is 18.2 Å². The lowest BCUT2D eigenvalue weighted by atomic mass is 9.44. The molecule has 4 aliphatic rings. The van der Waals surface area contributed by atoms with Crippen LogP contribution in [0.2, 0.25) is 0 Å². The highest BCUT2D eigenvalue weighted by Gasteiger charge is 2.69. The van der Waals surface area contributed by atoms with Crippen LogP contribution >= 0.6 is 0 Å². The van der Waals surface area contributed by atoms with Gasteiger partial charge in [-0.2, -0.15) is 0 Å². The molecule has 8 heteroatoms. The second-order valence-electron chi connectivity index (χ2n) is 9.05. The van der Waals surface area contributed by atoms with Gasteiger partial charge in [0, 0.05) is 17.1 Å². The van der Waals surface area contributed by atoms with Gasteiger partial charge in [0.1, 0.15) is 23.8 Å². The van der Waals surface area contributed by atoms with E-state index in [-0.39, 0.29) is 53.7 Å². The maximum atomic E-state index is 14.0. The van der Waals surface area contributed by atoms with Crippen molar-refractivity contribution in [2.45, 2.75) is 82.3 Å². The van der Waals surface area contributed by atoms with Gasteiger partial charge >= 0.3 is 0 Å². The van der Waals surface area contributed by atoms with Crippen molar-refractivity contribution < 1.29 is 23.5 Å². The van der Waals surface area contributed by atoms with E-state index in [9.17, 15) is 14.0 Å². The van der Waals surface area contributed by atoms with E-state index < -0.39 is 0 Å². The third-order valence-electron chi connectivity index (χ3n) is 6.32. The summed E-state index contributed by atoms with van der Waals surface area (Å²) in [5, 5.41) is 9.27. The summed E-state index contributed by atoms with van der Waals surface area (Å²) >= 11 is 0. The predicted molar refractivity (Wildman–Crippen MR) is 108 cm³/mol. The summed E-state index contributed by atoms with van der Waals surface area (Å²) in [7, 11) is 0. The van der Waals surface area contributed by atoms with Crippen molar-refractivity contribution >= 4 is 11.8 Å². The Bertz CT molecular complexity index is 826. The Hall–Kier alpha value is -2.19. The fourth-order valence-electron chi connectivity index (χ4n) is 5.08. The SMILES string of the molecule is CCCc1ccc(OCC(=O)NC23CC(NC(=O)C4NC(C)OC4C)(C2)C3)cc1F.